The molecule has 0 amide bonds. The molecule has 4 unspecified atom stereocenters. The molecule has 2 saturated carbocycles. The molecule has 2 nitrogen and oxygen atoms in total. The van der Waals surface area contributed by atoms with Gasteiger partial charge in [0.25, 0.3) is 0 Å². The zero-order valence-corrected chi connectivity index (χ0v) is 14.6. The second-order valence-corrected chi connectivity index (χ2v) is 8.71. The fourth-order valence-electron chi connectivity index (χ4n) is 5.87. The Balaban J connectivity index is 1.88. The molecule has 0 spiro atoms. The Morgan fingerprint density at radius 2 is 1.82 bits per heavy atom. The standard InChI is InChI=1S/C20H34O2/c1-13-11-14(2)19(22)6-4-5-18-17(13)8-7-15-12-16(21)9-10-20(15,18)3/h12-14,16-19,21-22H,4-11H2,1-3H3/t13?,14-,16?,17?,18?,19+,20-/m0/s1. The molecule has 0 aromatic heterocycles. The Labute approximate surface area is 136 Å². The van der Waals surface area contributed by atoms with Gasteiger partial charge in [0, 0.05) is 0 Å². The Morgan fingerprint density at radius 3 is 2.59 bits per heavy atom. The first-order chi connectivity index (χ1) is 10.4. The Morgan fingerprint density at radius 1 is 1.05 bits per heavy atom. The molecule has 7 atom stereocenters. The maximum Gasteiger partial charge on any atom is 0.0724 e. The van der Waals surface area contributed by atoms with Crippen LogP contribution in [0, 0.1) is 29.1 Å². The maximum atomic E-state index is 10.3. The minimum atomic E-state index is -0.213. The van der Waals surface area contributed by atoms with Crippen LogP contribution in [0.25, 0.3) is 0 Å². The van der Waals surface area contributed by atoms with Crippen molar-refractivity contribution in [3.05, 3.63) is 11.6 Å². The van der Waals surface area contributed by atoms with Gasteiger partial charge < -0.3 is 10.2 Å². The van der Waals surface area contributed by atoms with Crippen LogP contribution in [-0.4, -0.2) is 22.4 Å². The van der Waals surface area contributed by atoms with E-state index in [1.807, 2.05) is 0 Å². The van der Waals surface area contributed by atoms with Crippen molar-refractivity contribution in [2.45, 2.75) is 84.3 Å². The summed E-state index contributed by atoms with van der Waals surface area (Å²) in [5.41, 5.74) is 1.84. The van der Waals surface area contributed by atoms with E-state index < -0.39 is 0 Å². The number of fused-ring (bicyclic) bond motifs is 3. The van der Waals surface area contributed by atoms with Crippen molar-refractivity contribution >= 4 is 0 Å². The topological polar surface area (TPSA) is 40.5 Å². The smallest absolute Gasteiger partial charge is 0.0724 e. The predicted molar refractivity (Wildman–Crippen MR) is 90.4 cm³/mol. The highest BCUT2D eigenvalue weighted by Crippen LogP contribution is 2.57. The molecule has 0 radical (unpaired) electrons. The lowest BCUT2D eigenvalue weighted by atomic mass is 9.53. The minimum Gasteiger partial charge on any atom is -0.393 e. The second kappa shape index (κ2) is 6.28. The third-order valence-electron chi connectivity index (χ3n) is 7.32. The van der Waals surface area contributed by atoms with Gasteiger partial charge in [-0.3, -0.25) is 0 Å². The number of rotatable bonds is 0. The van der Waals surface area contributed by atoms with Gasteiger partial charge in [-0.25, -0.2) is 0 Å². The molecule has 2 fully saturated rings. The van der Waals surface area contributed by atoms with Crippen LogP contribution >= 0.6 is 0 Å². The van der Waals surface area contributed by atoms with Crippen molar-refractivity contribution in [2.24, 2.45) is 29.1 Å². The van der Waals surface area contributed by atoms with E-state index in [4.69, 9.17) is 0 Å². The average molecular weight is 306 g/mol. The van der Waals surface area contributed by atoms with E-state index in [2.05, 4.69) is 26.8 Å². The molecule has 0 saturated heterocycles. The highest BCUT2D eigenvalue weighted by molar-refractivity contribution is 5.23. The maximum absolute atomic E-state index is 10.3. The molecule has 0 aromatic carbocycles. The van der Waals surface area contributed by atoms with Crippen LogP contribution in [0.4, 0.5) is 0 Å². The van der Waals surface area contributed by atoms with Crippen molar-refractivity contribution in [1.29, 1.82) is 0 Å². The number of hydrogen-bond donors (Lipinski definition) is 2. The monoisotopic (exact) mass is 306 g/mol. The van der Waals surface area contributed by atoms with E-state index in [1.165, 1.54) is 31.3 Å². The highest BCUT2D eigenvalue weighted by Gasteiger charge is 2.48. The van der Waals surface area contributed by atoms with E-state index >= 15 is 0 Å². The van der Waals surface area contributed by atoms with Crippen LogP contribution in [0.3, 0.4) is 0 Å². The van der Waals surface area contributed by atoms with Gasteiger partial charge in [-0.1, -0.05) is 38.8 Å². The third-order valence-corrected chi connectivity index (χ3v) is 7.32. The fourth-order valence-corrected chi connectivity index (χ4v) is 5.87. The molecule has 126 valence electrons. The Kier molecular flexibility index (Phi) is 4.71. The van der Waals surface area contributed by atoms with Crippen molar-refractivity contribution in [2.75, 3.05) is 0 Å². The summed E-state index contributed by atoms with van der Waals surface area (Å²) in [6.07, 6.45) is 10.9. The average Bonchev–Trinajstić information content (AvgIpc) is 2.52. The number of allylic oxidation sites excluding steroid dienone is 1. The molecule has 0 aliphatic heterocycles. The number of aliphatic hydroxyl groups excluding tert-OH is 2. The van der Waals surface area contributed by atoms with Crippen molar-refractivity contribution in [1.82, 2.24) is 0 Å². The van der Waals surface area contributed by atoms with Crippen LogP contribution in [-0.2, 0) is 0 Å². The molecule has 2 heteroatoms. The lowest BCUT2D eigenvalue weighted by molar-refractivity contribution is 0.0337. The van der Waals surface area contributed by atoms with Gasteiger partial charge in [0.15, 0.2) is 0 Å². The number of hydrogen-bond acceptors (Lipinski definition) is 2. The summed E-state index contributed by atoms with van der Waals surface area (Å²) >= 11 is 0. The van der Waals surface area contributed by atoms with Crippen LogP contribution in [0.2, 0.25) is 0 Å². The van der Waals surface area contributed by atoms with Gasteiger partial charge in [0.1, 0.15) is 0 Å². The summed E-state index contributed by atoms with van der Waals surface area (Å²) in [6, 6.07) is 0. The fraction of sp³-hybridized carbons (Fsp3) is 0.900. The largest absolute Gasteiger partial charge is 0.393 e. The lowest BCUT2D eigenvalue weighted by Gasteiger charge is -2.52. The summed E-state index contributed by atoms with van der Waals surface area (Å²) in [6.45, 7) is 7.11. The Hall–Kier alpha value is -0.340. The first-order valence-corrected chi connectivity index (χ1v) is 9.49. The van der Waals surface area contributed by atoms with Crippen LogP contribution < -0.4 is 0 Å². The van der Waals surface area contributed by atoms with E-state index in [-0.39, 0.29) is 12.2 Å². The zero-order chi connectivity index (χ0) is 15.9. The van der Waals surface area contributed by atoms with Gasteiger partial charge >= 0.3 is 0 Å². The lowest BCUT2D eigenvalue weighted by Crippen LogP contribution is -2.43. The van der Waals surface area contributed by atoms with Crippen molar-refractivity contribution < 1.29 is 10.2 Å². The molecular weight excluding hydrogens is 272 g/mol. The van der Waals surface area contributed by atoms with Gasteiger partial charge in [-0.15, -0.1) is 0 Å². The van der Waals surface area contributed by atoms with Gasteiger partial charge in [-0.2, -0.15) is 0 Å². The van der Waals surface area contributed by atoms with Crippen LogP contribution in [0.1, 0.15) is 72.1 Å². The van der Waals surface area contributed by atoms with Gasteiger partial charge in [0.2, 0.25) is 0 Å². The molecule has 0 heterocycles. The molecule has 22 heavy (non-hydrogen) atoms. The van der Waals surface area contributed by atoms with Gasteiger partial charge in [0.05, 0.1) is 12.2 Å². The summed E-state index contributed by atoms with van der Waals surface area (Å²) in [5.74, 6) is 2.68. The molecule has 2 N–H and O–H groups in total. The van der Waals surface area contributed by atoms with E-state index in [0.717, 1.165) is 37.5 Å². The quantitative estimate of drug-likeness (QED) is 0.655. The van der Waals surface area contributed by atoms with Crippen molar-refractivity contribution in [3.8, 4) is 0 Å². The molecular formula is C20H34O2. The summed E-state index contributed by atoms with van der Waals surface area (Å²) in [5, 5.41) is 20.4. The number of aliphatic hydroxyl groups is 2. The molecule has 3 aliphatic carbocycles. The van der Waals surface area contributed by atoms with Crippen LogP contribution in [0.15, 0.2) is 11.6 Å². The molecule has 0 bridgehead atoms. The first kappa shape index (κ1) is 16.5. The van der Waals surface area contributed by atoms with Gasteiger partial charge in [-0.05, 0) is 74.0 Å². The van der Waals surface area contributed by atoms with Crippen LogP contribution in [0.5, 0.6) is 0 Å². The second-order valence-electron chi connectivity index (χ2n) is 8.71. The first-order valence-electron chi connectivity index (χ1n) is 9.49. The SMILES string of the molecule is CC1C[C@H](C)[C@H](O)CCCC2C1CCC1=CC(O)CC[C@@]12C. The Bertz CT molecular complexity index is 429. The normalized spacial score (nSPS) is 50.0. The van der Waals surface area contributed by atoms with E-state index in [1.54, 1.807) is 0 Å². The van der Waals surface area contributed by atoms with Crippen molar-refractivity contribution in [3.63, 3.8) is 0 Å². The summed E-state index contributed by atoms with van der Waals surface area (Å²) in [4.78, 5) is 0. The highest BCUT2D eigenvalue weighted by atomic mass is 16.3. The van der Waals surface area contributed by atoms with E-state index in [9.17, 15) is 10.2 Å². The molecule has 3 aliphatic rings. The summed E-state index contributed by atoms with van der Waals surface area (Å²) < 4.78 is 0. The zero-order valence-electron chi connectivity index (χ0n) is 14.6. The molecule has 0 aromatic rings. The predicted octanol–water partition coefficient (Wildman–Crippen LogP) is 4.31. The minimum absolute atomic E-state index is 0.112. The molecule has 3 rings (SSSR count). The summed E-state index contributed by atoms with van der Waals surface area (Å²) in [7, 11) is 0. The third kappa shape index (κ3) is 2.89. The van der Waals surface area contributed by atoms with E-state index in [0.29, 0.717) is 17.3 Å².